The molecule has 0 radical (unpaired) electrons. The number of benzene rings is 2. The number of alkyl halides is 1. The van der Waals surface area contributed by atoms with Gasteiger partial charge >= 0.3 is 0 Å². The number of rotatable bonds is 10. The summed E-state index contributed by atoms with van der Waals surface area (Å²) < 4.78 is 24.2. The molecule has 30 heavy (non-hydrogen) atoms. The van der Waals surface area contributed by atoms with Crippen LogP contribution in [0.5, 0.6) is 5.75 Å². The first-order valence-electron chi connectivity index (χ1n) is 10.1. The maximum Gasteiger partial charge on any atom is 0.252 e. The second-order valence-electron chi connectivity index (χ2n) is 7.16. The van der Waals surface area contributed by atoms with Gasteiger partial charge in [-0.2, -0.15) is 0 Å². The topological polar surface area (TPSA) is 80.2 Å². The van der Waals surface area contributed by atoms with Crippen molar-refractivity contribution in [2.75, 3.05) is 26.4 Å². The summed E-state index contributed by atoms with van der Waals surface area (Å²) in [4.78, 5) is 17.7. The van der Waals surface area contributed by atoms with Gasteiger partial charge in [-0.1, -0.05) is 30.3 Å². The third-order valence-corrected chi connectivity index (χ3v) is 5.02. The normalized spacial score (nSPS) is 20.4. The number of nitrogens with one attached hydrogen (secondary N) is 1. The molecule has 0 aromatic heterocycles. The number of aliphatic imine (C=N–C) groups is 1. The summed E-state index contributed by atoms with van der Waals surface area (Å²) in [5.74, 6) is 0.696. The highest BCUT2D eigenvalue weighted by Gasteiger charge is 2.50. The molecule has 1 heterocycles. The Bertz CT molecular complexity index is 857. The molecule has 6 nitrogen and oxygen atoms in total. The van der Waals surface area contributed by atoms with E-state index in [4.69, 9.17) is 19.6 Å². The summed E-state index contributed by atoms with van der Waals surface area (Å²) >= 11 is 0. The van der Waals surface area contributed by atoms with Crippen molar-refractivity contribution in [3.63, 3.8) is 0 Å². The maximum atomic E-state index is 13.0. The average Bonchev–Trinajstić information content (AvgIpc) is 3.10. The molecule has 0 fully saturated rings. The Balaban J connectivity index is 1.86. The lowest BCUT2D eigenvalue weighted by molar-refractivity contribution is -0.128. The minimum Gasteiger partial charge on any atom is -0.494 e. The van der Waals surface area contributed by atoms with Crippen molar-refractivity contribution < 1.29 is 23.8 Å². The second-order valence-corrected chi connectivity index (χ2v) is 7.16. The summed E-state index contributed by atoms with van der Waals surface area (Å²) in [5, 5.41) is 11.5. The van der Waals surface area contributed by atoms with Gasteiger partial charge in [0.05, 0.1) is 6.61 Å². The molecular formula is C23H27FN2O4. The summed E-state index contributed by atoms with van der Waals surface area (Å²) in [6, 6.07) is 16.8. The molecule has 0 saturated heterocycles. The zero-order chi connectivity index (χ0) is 21.4. The number of ether oxygens (including phenoxy) is 2. The highest BCUT2D eigenvalue weighted by molar-refractivity contribution is 6.00. The number of halogens is 1. The zero-order valence-electron chi connectivity index (χ0n) is 17.0. The second kappa shape index (κ2) is 10.2. The van der Waals surface area contributed by atoms with Gasteiger partial charge in [0, 0.05) is 31.6 Å². The number of carbonyl (C=O) groups excluding carboxylic acids is 1. The molecule has 2 aromatic carbocycles. The molecule has 0 spiro atoms. The molecule has 3 rings (SSSR count). The van der Waals surface area contributed by atoms with Gasteiger partial charge < -0.3 is 19.9 Å². The van der Waals surface area contributed by atoms with Gasteiger partial charge in [0.2, 0.25) is 5.90 Å². The zero-order valence-corrected chi connectivity index (χ0v) is 17.0. The minimum absolute atomic E-state index is 0.0627. The van der Waals surface area contributed by atoms with Gasteiger partial charge in [-0.05, 0) is 36.8 Å². The van der Waals surface area contributed by atoms with Gasteiger partial charge in [0.25, 0.3) is 5.91 Å². The van der Waals surface area contributed by atoms with E-state index in [0.717, 1.165) is 11.1 Å². The Labute approximate surface area is 175 Å². The van der Waals surface area contributed by atoms with Crippen molar-refractivity contribution >= 4 is 11.8 Å². The minimum atomic E-state index is -1.18. The summed E-state index contributed by atoms with van der Waals surface area (Å²) in [6.45, 7) is 1.61. The van der Waals surface area contributed by atoms with E-state index < -0.39 is 18.3 Å². The fraction of sp³-hybridized carbons (Fsp3) is 0.391. The van der Waals surface area contributed by atoms with Crippen molar-refractivity contribution in [2.24, 2.45) is 4.99 Å². The third-order valence-electron chi connectivity index (χ3n) is 5.02. The highest BCUT2D eigenvalue weighted by atomic mass is 19.1. The Morgan fingerprint density at radius 1 is 1.23 bits per heavy atom. The van der Waals surface area contributed by atoms with E-state index in [1.54, 1.807) is 19.1 Å². The van der Waals surface area contributed by atoms with Crippen molar-refractivity contribution in [2.45, 2.75) is 31.4 Å². The van der Waals surface area contributed by atoms with Crippen LogP contribution in [-0.2, 0) is 16.0 Å². The van der Waals surface area contributed by atoms with E-state index in [2.05, 4.69) is 5.32 Å². The van der Waals surface area contributed by atoms with Gasteiger partial charge in [0.15, 0.2) is 5.54 Å². The first-order chi connectivity index (χ1) is 14.6. The molecule has 2 atom stereocenters. The van der Waals surface area contributed by atoms with Crippen LogP contribution in [0.2, 0.25) is 0 Å². The predicted octanol–water partition coefficient (Wildman–Crippen LogP) is 2.68. The van der Waals surface area contributed by atoms with Crippen molar-refractivity contribution in [1.82, 2.24) is 5.32 Å². The molecule has 2 N–H and O–H groups in total. The van der Waals surface area contributed by atoms with Crippen LogP contribution in [0.15, 0.2) is 59.6 Å². The van der Waals surface area contributed by atoms with Crippen LogP contribution in [0.1, 0.15) is 24.5 Å². The first kappa shape index (κ1) is 21.8. The van der Waals surface area contributed by atoms with Crippen molar-refractivity contribution in [3.05, 3.63) is 65.7 Å². The summed E-state index contributed by atoms with van der Waals surface area (Å²) in [5.41, 5.74) is 0.493. The molecule has 1 amide bonds. The third kappa shape index (κ3) is 4.97. The molecule has 1 aliphatic heterocycles. The molecule has 0 aliphatic carbocycles. The van der Waals surface area contributed by atoms with Gasteiger partial charge in [-0.25, -0.2) is 9.38 Å². The van der Waals surface area contributed by atoms with E-state index >= 15 is 0 Å². The van der Waals surface area contributed by atoms with E-state index in [-0.39, 0.29) is 19.1 Å². The molecule has 160 valence electrons. The van der Waals surface area contributed by atoms with E-state index in [0.29, 0.717) is 31.1 Å². The number of aliphatic hydroxyl groups excluding tert-OH is 1. The Hall–Kier alpha value is -2.93. The SMILES string of the molecule is C[C@H]1OC(c2ccc(OCCCO)cc2)=N[C@@]1(Cc1ccccc1)C(=O)NCCF. The number of amides is 1. The molecule has 1 aliphatic rings. The molecule has 0 unspecified atom stereocenters. The standard InChI is InChI=1S/C23H27FN2O4/c1-17-23(22(28)25-13-12-24,16-18-6-3-2-4-7-18)26-21(30-17)19-8-10-20(11-9-19)29-15-5-14-27/h2-4,6-11,17,27H,5,12-16H2,1H3,(H,25,28)/t17-,23-/m1/s1. The fourth-order valence-corrected chi connectivity index (χ4v) is 3.36. The Kier molecular flexibility index (Phi) is 7.41. The average molecular weight is 414 g/mol. The van der Waals surface area contributed by atoms with E-state index in [9.17, 15) is 9.18 Å². The van der Waals surface area contributed by atoms with Crippen molar-refractivity contribution in [3.8, 4) is 5.75 Å². The fourth-order valence-electron chi connectivity index (χ4n) is 3.36. The molecule has 0 saturated carbocycles. The number of aliphatic hydroxyl groups is 1. The van der Waals surface area contributed by atoms with E-state index in [1.165, 1.54) is 0 Å². The number of hydrogen-bond acceptors (Lipinski definition) is 5. The lowest BCUT2D eigenvalue weighted by atomic mass is 9.86. The van der Waals surface area contributed by atoms with Gasteiger partial charge in [0.1, 0.15) is 18.5 Å². The molecule has 2 aromatic rings. The number of nitrogens with zero attached hydrogens (tertiary/aromatic N) is 1. The van der Waals surface area contributed by atoms with Crippen LogP contribution in [0.25, 0.3) is 0 Å². The lowest BCUT2D eigenvalue weighted by Gasteiger charge is -2.28. The largest absolute Gasteiger partial charge is 0.494 e. The maximum absolute atomic E-state index is 13.0. The van der Waals surface area contributed by atoms with Crippen LogP contribution in [0.3, 0.4) is 0 Å². The quantitative estimate of drug-likeness (QED) is 0.586. The van der Waals surface area contributed by atoms with Crippen LogP contribution in [-0.4, -0.2) is 55.0 Å². The number of carbonyl (C=O) groups is 1. The van der Waals surface area contributed by atoms with Crippen LogP contribution in [0, 0.1) is 0 Å². The van der Waals surface area contributed by atoms with E-state index in [1.807, 2.05) is 42.5 Å². The predicted molar refractivity (Wildman–Crippen MR) is 113 cm³/mol. The smallest absolute Gasteiger partial charge is 0.252 e. The Morgan fingerprint density at radius 3 is 2.63 bits per heavy atom. The van der Waals surface area contributed by atoms with Crippen molar-refractivity contribution in [1.29, 1.82) is 0 Å². The molecule has 7 heteroatoms. The summed E-state index contributed by atoms with van der Waals surface area (Å²) in [6.07, 6.45) is 0.386. The van der Waals surface area contributed by atoms with Gasteiger partial charge in [-0.15, -0.1) is 0 Å². The van der Waals surface area contributed by atoms with Crippen LogP contribution >= 0.6 is 0 Å². The lowest BCUT2D eigenvalue weighted by Crippen LogP contribution is -2.52. The summed E-state index contributed by atoms with van der Waals surface area (Å²) in [7, 11) is 0. The first-order valence-corrected chi connectivity index (χ1v) is 10.1. The van der Waals surface area contributed by atoms with Crippen LogP contribution in [0.4, 0.5) is 4.39 Å². The Morgan fingerprint density at radius 2 is 1.97 bits per heavy atom. The monoisotopic (exact) mass is 414 g/mol. The van der Waals surface area contributed by atoms with Crippen LogP contribution < -0.4 is 10.1 Å². The highest BCUT2D eigenvalue weighted by Crippen LogP contribution is 2.32. The molecular weight excluding hydrogens is 387 g/mol. The number of hydrogen-bond donors (Lipinski definition) is 2. The molecule has 0 bridgehead atoms. The van der Waals surface area contributed by atoms with Gasteiger partial charge in [-0.3, -0.25) is 4.79 Å².